The molecule has 1 heterocycles. The first-order valence-corrected chi connectivity index (χ1v) is 9.04. The van der Waals surface area contributed by atoms with Gasteiger partial charge in [0.1, 0.15) is 5.75 Å². The van der Waals surface area contributed by atoms with Gasteiger partial charge >= 0.3 is 0 Å². The summed E-state index contributed by atoms with van der Waals surface area (Å²) in [6.45, 7) is 1.62. The summed E-state index contributed by atoms with van der Waals surface area (Å²) in [5.74, 6) is 0.701. The maximum atomic E-state index is 12.3. The summed E-state index contributed by atoms with van der Waals surface area (Å²) in [7, 11) is 1.60. The summed E-state index contributed by atoms with van der Waals surface area (Å²) in [5.41, 5.74) is 5.85. The number of allylic oxidation sites excluding steroid dienone is 2. The van der Waals surface area contributed by atoms with Crippen molar-refractivity contribution in [3.63, 3.8) is 0 Å². The number of rotatable bonds is 3. The summed E-state index contributed by atoms with van der Waals surface area (Å²) in [6.07, 6.45) is 0.724. The monoisotopic (exact) mass is 415 g/mol. The highest BCUT2D eigenvalue weighted by molar-refractivity contribution is 9.10. The second kappa shape index (κ2) is 6.04. The third kappa shape index (κ3) is 2.70. The molecule has 0 atom stereocenters. The molecule has 4 rings (SSSR count). The molecule has 0 saturated carbocycles. The summed E-state index contributed by atoms with van der Waals surface area (Å²) in [5, 5.41) is 1.56. The molecule has 1 aliphatic rings. The van der Waals surface area contributed by atoms with Gasteiger partial charge in [0.2, 0.25) is 0 Å². The number of carbonyl (C=O) groups is 1. The van der Waals surface area contributed by atoms with Gasteiger partial charge in [-0.1, -0.05) is 33.6 Å². The Morgan fingerprint density at radius 3 is 2.76 bits per heavy atom. The van der Waals surface area contributed by atoms with E-state index in [-0.39, 0.29) is 5.78 Å². The number of Topliss-reactive ketones (excluding diaryl/α,β-unsaturated/α-hetero) is 1. The average molecular weight is 417 g/mol. The Labute approximate surface area is 158 Å². The quantitative estimate of drug-likeness (QED) is 0.599. The fourth-order valence-electron chi connectivity index (χ4n) is 3.48. The van der Waals surface area contributed by atoms with Gasteiger partial charge < -0.3 is 9.72 Å². The van der Waals surface area contributed by atoms with Gasteiger partial charge in [-0.2, -0.15) is 0 Å². The van der Waals surface area contributed by atoms with Gasteiger partial charge in [0, 0.05) is 39.1 Å². The van der Waals surface area contributed by atoms with Crippen molar-refractivity contribution in [3.05, 3.63) is 62.7 Å². The van der Waals surface area contributed by atoms with Gasteiger partial charge in [0.15, 0.2) is 5.78 Å². The fourth-order valence-corrected chi connectivity index (χ4v) is 4.14. The van der Waals surface area contributed by atoms with E-state index >= 15 is 0 Å². The molecule has 1 aromatic heterocycles. The zero-order valence-electron chi connectivity index (χ0n) is 13.7. The summed E-state index contributed by atoms with van der Waals surface area (Å²) in [4.78, 5) is 15.7. The van der Waals surface area contributed by atoms with Crippen LogP contribution in [0.1, 0.15) is 23.7 Å². The van der Waals surface area contributed by atoms with Crippen LogP contribution in [0.15, 0.2) is 40.9 Å². The molecular weight excluding hydrogens is 402 g/mol. The first kappa shape index (κ1) is 16.4. The number of halogens is 2. The van der Waals surface area contributed by atoms with Crippen LogP contribution in [0.25, 0.3) is 22.0 Å². The van der Waals surface area contributed by atoms with Crippen molar-refractivity contribution in [2.75, 3.05) is 7.11 Å². The van der Waals surface area contributed by atoms with E-state index in [1.807, 2.05) is 30.3 Å². The largest absolute Gasteiger partial charge is 0.495 e. The van der Waals surface area contributed by atoms with Gasteiger partial charge in [-0.15, -0.1) is 0 Å². The van der Waals surface area contributed by atoms with Crippen LogP contribution in [-0.4, -0.2) is 17.9 Å². The number of nitrogens with one attached hydrogen (secondary N) is 1. The van der Waals surface area contributed by atoms with E-state index in [1.54, 1.807) is 14.0 Å². The van der Waals surface area contributed by atoms with E-state index in [0.29, 0.717) is 10.8 Å². The topological polar surface area (TPSA) is 42.1 Å². The van der Waals surface area contributed by atoms with Crippen LogP contribution >= 0.6 is 27.5 Å². The lowest BCUT2D eigenvalue weighted by Gasteiger charge is -2.03. The van der Waals surface area contributed by atoms with Crippen LogP contribution in [0.3, 0.4) is 0 Å². The Morgan fingerprint density at radius 2 is 2.04 bits per heavy atom. The first-order valence-electron chi connectivity index (χ1n) is 7.87. The molecule has 3 nitrogen and oxygen atoms in total. The Balaban J connectivity index is 1.90. The molecule has 1 aliphatic carbocycles. The number of methoxy groups -OCH3 is 1. The molecule has 5 heteroatoms. The third-order valence-corrected chi connectivity index (χ3v) is 5.36. The van der Waals surface area contributed by atoms with Crippen molar-refractivity contribution in [1.29, 1.82) is 0 Å². The number of hydrogen-bond donors (Lipinski definition) is 1. The lowest BCUT2D eigenvalue weighted by Crippen LogP contribution is -1.96. The molecule has 25 heavy (non-hydrogen) atoms. The lowest BCUT2D eigenvalue weighted by atomic mass is 10.0. The lowest BCUT2D eigenvalue weighted by molar-refractivity contribution is -0.111. The first-order chi connectivity index (χ1) is 12.0. The summed E-state index contributed by atoms with van der Waals surface area (Å²) in [6, 6.07) is 11.9. The molecule has 1 N–H and O–H groups in total. The van der Waals surface area contributed by atoms with E-state index < -0.39 is 0 Å². The highest BCUT2D eigenvalue weighted by Crippen LogP contribution is 2.41. The minimum Gasteiger partial charge on any atom is -0.495 e. The van der Waals surface area contributed by atoms with Gasteiger partial charge in [-0.3, -0.25) is 4.79 Å². The van der Waals surface area contributed by atoms with Crippen molar-refractivity contribution in [1.82, 2.24) is 4.98 Å². The second-order valence-electron chi connectivity index (χ2n) is 6.15. The molecule has 3 aromatic rings. The predicted octanol–water partition coefficient (Wildman–Crippen LogP) is 5.65. The molecule has 2 aromatic carbocycles. The fraction of sp³-hybridized carbons (Fsp3) is 0.150. The number of benzene rings is 2. The van der Waals surface area contributed by atoms with E-state index in [1.165, 1.54) is 0 Å². The van der Waals surface area contributed by atoms with E-state index in [9.17, 15) is 4.79 Å². The molecule has 0 radical (unpaired) electrons. The Kier molecular flexibility index (Phi) is 3.97. The maximum absolute atomic E-state index is 12.3. The van der Waals surface area contributed by atoms with Crippen molar-refractivity contribution in [2.24, 2.45) is 0 Å². The summed E-state index contributed by atoms with van der Waals surface area (Å²) >= 11 is 9.74. The number of carbonyl (C=O) groups excluding carboxylic acids is 1. The number of fused-ring (bicyclic) bond motifs is 2. The summed E-state index contributed by atoms with van der Waals surface area (Å²) < 4.78 is 6.30. The number of ether oxygens (including phenoxy) is 1. The molecule has 0 amide bonds. The maximum Gasteiger partial charge on any atom is 0.160 e. The normalized spacial score (nSPS) is 13.4. The zero-order chi connectivity index (χ0) is 17.7. The predicted molar refractivity (Wildman–Crippen MR) is 105 cm³/mol. The third-order valence-electron chi connectivity index (χ3n) is 4.58. The van der Waals surface area contributed by atoms with Gasteiger partial charge in [-0.25, -0.2) is 0 Å². The minimum absolute atomic E-state index is 0.0744. The number of H-pyrrole nitrogens is 1. The highest BCUT2D eigenvalue weighted by Gasteiger charge is 2.26. The SMILES string of the molecule is COc1cc2[nH]c(C3=C(C(C)=O)c4ccc(Br)cc4C3)cc2cc1Cl. The number of aromatic amines is 1. The smallest absolute Gasteiger partial charge is 0.160 e. The molecule has 0 unspecified atom stereocenters. The van der Waals surface area contributed by atoms with Crippen molar-refractivity contribution in [3.8, 4) is 5.75 Å². The van der Waals surface area contributed by atoms with Crippen LogP contribution in [-0.2, 0) is 11.2 Å². The average Bonchev–Trinajstić information content (AvgIpc) is 3.13. The molecule has 126 valence electrons. The van der Waals surface area contributed by atoms with Gasteiger partial charge in [-0.05, 0) is 47.9 Å². The number of ketones is 1. The number of hydrogen-bond acceptors (Lipinski definition) is 2. The Bertz CT molecular complexity index is 1060. The van der Waals surface area contributed by atoms with Crippen LogP contribution in [0.4, 0.5) is 0 Å². The minimum atomic E-state index is 0.0744. The van der Waals surface area contributed by atoms with Crippen molar-refractivity contribution >= 4 is 55.4 Å². The van der Waals surface area contributed by atoms with Crippen LogP contribution in [0.5, 0.6) is 5.75 Å². The molecule has 0 saturated heterocycles. The van der Waals surface area contributed by atoms with Crippen LogP contribution < -0.4 is 4.74 Å². The molecular formula is C20H15BrClNO2. The second-order valence-corrected chi connectivity index (χ2v) is 7.47. The standard InChI is InChI=1S/C20H15BrClNO2/c1-10(24)20-14-4-3-13(21)5-11(14)6-15(20)18-8-12-7-16(22)19(25-2)9-17(12)23-18/h3-5,7-9,23H,6H2,1-2H3. The Morgan fingerprint density at radius 1 is 1.24 bits per heavy atom. The van der Waals surface area contributed by atoms with Crippen LogP contribution in [0, 0.1) is 0 Å². The van der Waals surface area contributed by atoms with Crippen LogP contribution in [0.2, 0.25) is 5.02 Å². The highest BCUT2D eigenvalue weighted by atomic mass is 79.9. The molecule has 0 fully saturated rings. The molecule has 0 aliphatic heterocycles. The molecule has 0 spiro atoms. The zero-order valence-corrected chi connectivity index (χ0v) is 16.1. The van der Waals surface area contributed by atoms with E-state index in [2.05, 4.69) is 27.0 Å². The van der Waals surface area contributed by atoms with Crippen molar-refractivity contribution in [2.45, 2.75) is 13.3 Å². The number of aromatic nitrogens is 1. The van der Waals surface area contributed by atoms with Gasteiger partial charge in [0.25, 0.3) is 0 Å². The molecule has 0 bridgehead atoms. The van der Waals surface area contributed by atoms with E-state index in [0.717, 1.165) is 49.8 Å². The Hall–Kier alpha value is -2.04. The van der Waals surface area contributed by atoms with Gasteiger partial charge in [0.05, 0.1) is 12.1 Å². The van der Waals surface area contributed by atoms with E-state index in [4.69, 9.17) is 16.3 Å². The van der Waals surface area contributed by atoms with Crippen molar-refractivity contribution < 1.29 is 9.53 Å².